The van der Waals surface area contributed by atoms with Crippen LogP contribution in [0, 0.1) is 0 Å². The van der Waals surface area contributed by atoms with E-state index in [1.165, 1.54) is 0 Å². The van der Waals surface area contributed by atoms with Gasteiger partial charge in [-0.05, 0) is 12.1 Å². The van der Waals surface area contributed by atoms with Gasteiger partial charge in [0, 0.05) is 37.1 Å². The van der Waals surface area contributed by atoms with Crippen LogP contribution in [0.4, 0.5) is 5.69 Å². The molecule has 0 atom stereocenters. The van der Waals surface area contributed by atoms with E-state index in [4.69, 9.17) is 5.73 Å². The fourth-order valence-electron chi connectivity index (χ4n) is 2.19. The Morgan fingerprint density at radius 3 is 2.32 bits per heavy atom. The smallest absolute Gasteiger partial charge is 0.180 e. The van der Waals surface area contributed by atoms with Gasteiger partial charge >= 0.3 is 0 Å². The van der Waals surface area contributed by atoms with Gasteiger partial charge in [-0.3, -0.25) is 0 Å². The molecule has 0 saturated heterocycles. The van der Waals surface area contributed by atoms with Crippen molar-refractivity contribution in [2.75, 3.05) is 31.3 Å². The third-order valence-corrected chi connectivity index (χ3v) is 4.86. The average Bonchev–Trinajstić information content (AvgIpc) is 2.37. The second-order valence-electron chi connectivity index (χ2n) is 4.63. The molecule has 0 radical (unpaired) electrons. The van der Waals surface area contributed by atoms with E-state index < -0.39 is 9.84 Å². The van der Waals surface area contributed by atoms with Crippen LogP contribution in [0.3, 0.4) is 0 Å². The molecule has 0 bridgehead atoms. The highest BCUT2D eigenvalue weighted by Gasteiger charge is 2.17. The van der Waals surface area contributed by atoms with Crippen molar-refractivity contribution in [3.63, 3.8) is 0 Å². The fraction of sp³-hybridized carbons (Fsp3) is 0.286. The van der Waals surface area contributed by atoms with Gasteiger partial charge in [-0.15, -0.1) is 0 Å². The van der Waals surface area contributed by atoms with Crippen LogP contribution < -0.4 is 10.6 Å². The Morgan fingerprint density at radius 1 is 1.05 bits per heavy atom. The summed E-state index contributed by atoms with van der Waals surface area (Å²) in [6, 6.07) is 11.0. The van der Waals surface area contributed by atoms with Gasteiger partial charge in [0.1, 0.15) is 0 Å². The minimum Gasteiger partial charge on any atom is -0.377 e. The largest absolute Gasteiger partial charge is 0.377 e. The van der Waals surface area contributed by atoms with Crippen LogP contribution in [0.5, 0.6) is 0 Å². The van der Waals surface area contributed by atoms with Crippen molar-refractivity contribution in [1.29, 1.82) is 0 Å². The predicted octanol–water partition coefficient (Wildman–Crippen LogP) is 1.64. The average molecular weight is 278 g/mol. The molecule has 0 aromatic heterocycles. The number of hydrogen-bond acceptors (Lipinski definition) is 4. The maximum absolute atomic E-state index is 12.2. The zero-order valence-electron chi connectivity index (χ0n) is 11.1. The lowest BCUT2D eigenvalue weighted by Crippen LogP contribution is -2.16. The number of benzene rings is 2. The van der Waals surface area contributed by atoms with Gasteiger partial charge in [-0.25, -0.2) is 8.42 Å². The molecule has 0 heterocycles. The van der Waals surface area contributed by atoms with E-state index in [-0.39, 0.29) is 12.3 Å². The maximum atomic E-state index is 12.2. The molecule has 102 valence electrons. The summed E-state index contributed by atoms with van der Waals surface area (Å²) in [7, 11) is 0.558. The number of nitrogens with two attached hydrogens (primary N) is 1. The Bertz CT molecular complexity index is 694. The molecular formula is C14H18N2O2S. The highest BCUT2D eigenvalue weighted by molar-refractivity contribution is 7.91. The molecule has 0 spiro atoms. The summed E-state index contributed by atoms with van der Waals surface area (Å²) in [5.74, 6) is -0.0295. The normalized spacial score (nSPS) is 11.7. The SMILES string of the molecule is CN(C)c1cccc2c(S(=O)(=O)CCN)cccc12. The maximum Gasteiger partial charge on any atom is 0.180 e. The van der Waals surface area contributed by atoms with E-state index in [0.29, 0.717) is 4.90 Å². The second-order valence-corrected chi connectivity index (χ2v) is 6.71. The first-order valence-electron chi connectivity index (χ1n) is 6.09. The Kier molecular flexibility index (Phi) is 3.78. The topological polar surface area (TPSA) is 63.4 Å². The van der Waals surface area contributed by atoms with E-state index in [0.717, 1.165) is 16.5 Å². The molecule has 19 heavy (non-hydrogen) atoms. The van der Waals surface area contributed by atoms with Gasteiger partial charge in [0.05, 0.1) is 10.6 Å². The molecule has 0 aliphatic carbocycles. The number of rotatable bonds is 4. The van der Waals surface area contributed by atoms with Crippen molar-refractivity contribution in [3.8, 4) is 0 Å². The third kappa shape index (κ3) is 2.57. The van der Waals surface area contributed by atoms with Crippen molar-refractivity contribution in [3.05, 3.63) is 36.4 Å². The molecule has 4 nitrogen and oxygen atoms in total. The lowest BCUT2D eigenvalue weighted by atomic mass is 10.1. The quantitative estimate of drug-likeness (QED) is 0.923. The van der Waals surface area contributed by atoms with Gasteiger partial charge in [0.25, 0.3) is 0 Å². The summed E-state index contributed by atoms with van der Waals surface area (Å²) in [5, 5.41) is 1.69. The zero-order valence-corrected chi connectivity index (χ0v) is 11.9. The number of sulfone groups is 1. The van der Waals surface area contributed by atoms with E-state index in [1.54, 1.807) is 12.1 Å². The van der Waals surface area contributed by atoms with Crippen molar-refractivity contribution < 1.29 is 8.42 Å². The summed E-state index contributed by atoms with van der Waals surface area (Å²) in [6.45, 7) is 0.131. The van der Waals surface area contributed by atoms with Crippen molar-refractivity contribution in [2.45, 2.75) is 4.90 Å². The minimum absolute atomic E-state index is 0.0295. The van der Waals surface area contributed by atoms with E-state index in [2.05, 4.69) is 0 Å². The zero-order chi connectivity index (χ0) is 14.0. The third-order valence-electron chi connectivity index (χ3n) is 3.06. The van der Waals surface area contributed by atoms with Crippen LogP contribution in [0.1, 0.15) is 0 Å². The van der Waals surface area contributed by atoms with Gasteiger partial charge in [0.2, 0.25) is 0 Å². The van der Waals surface area contributed by atoms with Crippen LogP contribution in [-0.4, -0.2) is 34.8 Å². The number of fused-ring (bicyclic) bond motifs is 1. The van der Waals surface area contributed by atoms with E-state index in [1.807, 2.05) is 43.3 Å². The van der Waals surface area contributed by atoms with Gasteiger partial charge in [-0.2, -0.15) is 0 Å². The summed E-state index contributed by atoms with van der Waals surface area (Å²) < 4.78 is 24.5. The highest BCUT2D eigenvalue weighted by Crippen LogP contribution is 2.30. The van der Waals surface area contributed by atoms with Crippen LogP contribution >= 0.6 is 0 Å². The first kappa shape index (κ1) is 13.8. The van der Waals surface area contributed by atoms with Crippen LogP contribution in [0.15, 0.2) is 41.3 Å². The Hall–Kier alpha value is -1.59. The molecule has 2 rings (SSSR count). The highest BCUT2D eigenvalue weighted by atomic mass is 32.2. The van der Waals surface area contributed by atoms with Gasteiger partial charge in [0.15, 0.2) is 9.84 Å². The van der Waals surface area contributed by atoms with Crippen LogP contribution in [-0.2, 0) is 9.84 Å². The molecule has 0 saturated carbocycles. The predicted molar refractivity (Wildman–Crippen MR) is 79.4 cm³/mol. The molecule has 2 N–H and O–H groups in total. The molecule has 0 fully saturated rings. The van der Waals surface area contributed by atoms with Crippen molar-refractivity contribution in [2.24, 2.45) is 5.73 Å². The Labute approximate surface area is 113 Å². The van der Waals surface area contributed by atoms with Gasteiger partial charge < -0.3 is 10.6 Å². The number of hydrogen-bond donors (Lipinski definition) is 1. The van der Waals surface area contributed by atoms with E-state index in [9.17, 15) is 8.42 Å². The molecule has 2 aromatic rings. The molecule has 0 amide bonds. The molecule has 5 heteroatoms. The number of anilines is 1. The van der Waals surface area contributed by atoms with Crippen molar-refractivity contribution in [1.82, 2.24) is 0 Å². The Balaban J connectivity index is 2.75. The minimum atomic E-state index is -3.32. The molecular weight excluding hydrogens is 260 g/mol. The van der Waals surface area contributed by atoms with Gasteiger partial charge in [-0.1, -0.05) is 24.3 Å². The standard InChI is InChI=1S/C14H18N2O2S/c1-16(2)13-7-3-6-12-11(13)5-4-8-14(12)19(17,18)10-9-15/h3-8H,9-10,15H2,1-2H3. The summed E-state index contributed by atoms with van der Waals surface area (Å²) in [5.41, 5.74) is 6.39. The lowest BCUT2D eigenvalue weighted by Gasteiger charge is -2.16. The summed E-state index contributed by atoms with van der Waals surface area (Å²) >= 11 is 0. The molecule has 2 aromatic carbocycles. The molecule has 0 aliphatic rings. The molecule has 0 unspecified atom stereocenters. The second kappa shape index (κ2) is 5.19. The number of nitrogens with zero attached hydrogens (tertiary/aromatic N) is 1. The lowest BCUT2D eigenvalue weighted by molar-refractivity contribution is 0.597. The monoisotopic (exact) mass is 278 g/mol. The van der Waals surface area contributed by atoms with Crippen LogP contribution in [0.2, 0.25) is 0 Å². The summed E-state index contributed by atoms with van der Waals surface area (Å²) in [6.07, 6.45) is 0. The first-order chi connectivity index (χ1) is 8.97. The van der Waals surface area contributed by atoms with E-state index >= 15 is 0 Å². The summed E-state index contributed by atoms with van der Waals surface area (Å²) in [4.78, 5) is 2.33. The van der Waals surface area contributed by atoms with Crippen molar-refractivity contribution >= 4 is 26.3 Å². The fourth-order valence-corrected chi connectivity index (χ4v) is 3.52. The Morgan fingerprint density at radius 2 is 1.68 bits per heavy atom. The molecule has 0 aliphatic heterocycles. The first-order valence-corrected chi connectivity index (χ1v) is 7.74. The van der Waals surface area contributed by atoms with Crippen LogP contribution in [0.25, 0.3) is 10.8 Å².